The molecule has 1 aliphatic carbocycles. The summed E-state index contributed by atoms with van der Waals surface area (Å²) in [5.41, 5.74) is 7.42. The van der Waals surface area contributed by atoms with Crippen LogP contribution in [0.5, 0.6) is 0 Å². The van der Waals surface area contributed by atoms with Gasteiger partial charge in [0.2, 0.25) is 0 Å². The zero-order valence-corrected chi connectivity index (χ0v) is 22.1. The number of hydrogen-bond donors (Lipinski definition) is 0. The Morgan fingerprint density at radius 2 is 1.27 bits per heavy atom. The van der Waals surface area contributed by atoms with Crippen molar-refractivity contribution in [1.29, 1.82) is 0 Å². The van der Waals surface area contributed by atoms with Crippen molar-refractivity contribution in [2.24, 2.45) is 0 Å². The van der Waals surface area contributed by atoms with Gasteiger partial charge in [0.25, 0.3) is 0 Å². The number of hydrogen-bond acceptors (Lipinski definition) is 3. The van der Waals surface area contributed by atoms with Crippen molar-refractivity contribution in [3.05, 3.63) is 145 Å². The van der Waals surface area contributed by atoms with Crippen LogP contribution < -0.4 is 0 Å². The van der Waals surface area contributed by atoms with Crippen molar-refractivity contribution >= 4 is 16.6 Å². The quantitative estimate of drug-likeness (QED) is 0.182. The maximum Gasteiger partial charge on any atom is 0.194 e. The topological polar surface area (TPSA) is 42.9 Å². The zero-order valence-electron chi connectivity index (χ0n) is 19.7. The first-order chi connectivity index (χ1) is 17.8. The second kappa shape index (κ2) is 10.8. The van der Waals surface area contributed by atoms with E-state index in [-0.39, 0.29) is 25.9 Å². The van der Waals surface area contributed by atoms with Crippen LogP contribution in [0.3, 0.4) is 0 Å². The molecule has 3 nitrogen and oxygen atoms in total. The van der Waals surface area contributed by atoms with Crippen LogP contribution >= 0.6 is 0 Å². The summed E-state index contributed by atoms with van der Waals surface area (Å²) in [6.45, 7) is 0. The SMILES string of the molecule is O=C1c2ccccc2-c2cc3c(-c4[c-]cccc4)nccc3cc21.[Ir].[c-]1ccccc1-c1ccccn1. The molecule has 0 unspecified atom stereocenters. The molecule has 37 heavy (non-hydrogen) atoms. The average Bonchev–Trinajstić information content (AvgIpc) is 3.24. The van der Waals surface area contributed by atoms with Gasteiger partial charge in [-0.3, -0.25) is 4.79 Å². The number of ketones is 1. The number of carbonyl (C=O) groups is 1. The fourth-order valence-corrected chi connectivity index (χ4v) is 4.52. The molecule has 0 aliphatic heterocycles. The van der Waals surface area contributed by atoms with Crippen LogP contribution in [-0.2, 0) is 20.1 Å². The number of fused-ring (bicyclic) bond motifs is 4. The number of rotatable bonds is 2. The Hall–Kier alpha value is -4.24. The molecule has 6 aromatic rings. The summed E-state index contributed by atoms with van der Waals surface area (Å²) in [6, 6.07) is 41.7. The minimum atomic E-state index is 0. The monoisotopic (exact) mass is 653 g/mol. The normalized spacial score (nSPS) is 11.1. The first-order valence-corrected chi connectivity index (χ1v) is 11.7. The summed E-state index contributed by atoms with van der Waals surface area (Å²) in [5, 5.41) is 2.07. The summed E-state index contributed by atoms with van der Waals surface area (Å²) in [6.07, 6.45) is 3.58. The third kappa shape index (κ3) is 4.77. The molecule has 179 valence electrons. The molecule has 0 atom stereocenters. The maximum absolute atomic E-state index is 12.7. The van der Waals surface area contributed by atoms with Gasteiger partial charge in [-0.05, 0) is 51.5 Å². The predicted molar refractivity (Wildman–Crippen MR) is 143 cm³/mol. The summed E-state index contributed by atoms with van der Waals surface area (Å²) in [5.74, 6) is 0.104. The third-order valence-corrected chi connectivity index (χ3v) is 6.22. The fraction of sp³-hybridized carbons (Fsp3) is 0. The number of aromatic nitrogens is 2. The number of nitrogens with zero attached hydrogens (tertiary/aromatic N) is 2. The van der Waals surface area contributed by atoms with E-state index in [2.05, 4.69) is 28.2 Å². The van der Waals surface area contributed by atoms with Crippen LogP contribution in [0.4, 0.5) is 0 Å². The minimum Gasteiger partial charge on any atom is -0.305 e. The van der Waals surface area contributed by atoms with E-state index in [0.29, 0.717) is 0 Å². The van der Waals surface area contributed by atoms with E-state index in [9.17, 15) is 4.79 Å². The molecule has 2 aromatic heterocycles. The smallest absolute Gasteiger partial charge is 0.194 e. The molecule has 0 N–H and O–H groups in total. The first kappa shape index (κ1) is 24.5. The summed E-state index contributed by atoms with van der Waals surface area (Å²) >= 11 is 0. The van der Waals surface area contributed by atoms with Crippen molar-refractivity contribution in [3.8, 4) is 33.6 Å². The Morgan fingerprint density at radius 1 is 0.568 bits per heavy atom. The van der Waals surface area contributed by atoms with Crippen LogP contribution in [0.2, 0.25) is 0 Å². The molecule has 4 aromatic carbocycles. The van der Waals surface area contributed by atoms with Gasteiger partial charge in [-0.25, -0.2) is 0 Å². The molecule has 0 saturated heterocycles. The van der Waals surface area contributed by atoms with E-state index < -0.39 is 0 Å². The zero-order chi connectivity index (χ0) is 24.3. The Kier molecular flexibility index (Phi) is 7.13. The second-order valence-electron chi connectivity index (χ2n) is 8.42. The van der Waals surface area contributed by atoms with E-state index in [0.717, 1.165) is 55.5 Å². The van der Waals surface area contributed by atoms with Crippen molar-refractivity contribution in [2.75, 3.05) is 0 Å². The Labute approximate surface area is 229 Å². The second-order valence-corrected chi connectivity index (χ2v) is 8.42. The molecule has 4 heteroatoms. The van der Waals surface area contributed by atoms with Gasteiger partial charge >= 0.3 is 0 Å². The van der Waals surface area contributed by atoms with Gasteiger partial charge in [0.1, 0.15) is 0 Å². The largest absolute Gasteiger partial charge is 0.305 e. The van der Waals surface area contributed by atoms with Gasteiger partial charge in [0.15, 0.2) is 5.78 Å². The molecular weight excluding hydrogens is 633 g/mol. The summed E-state index contributed by atoms with van der Waals surface area (Å²) in [7, 11) is 0. The van der Waals surface area contributed by atoms with Crippen molar-refractivity contribution < 1.29 is 24.9 Å². The maximum atomic E-state index is 12.7. The molecule has 7 rings (SSSR count). The van der Waals surface area contributed by atoms with Gasteiger partial charge in [0, 0.05) is 43.6 Å². The molecule has 0 saturated carbocycles. The van der Waals surface area contributed by atoms with Crippen molar-refractivity contribution in [1.82, 2.24) is 9.97 Å². The van der Waals surface area contributed by atoms with Crippen LogP contribution in [0.25, 0.3) is 44.4 Å². The van der Waals surface area contributed by atoms with E-state index >= 15 is 0 Å². The third-order valence-electron chi connectivity index (χ3n) is 6.22. The van der Waals surface area contributed by atoms with Gasteiger partial charge in [-0.15, -0.1) is 71.8 Å². The Morgan fingerprint density at radius 3 is 1.97 bits per heavy atom. The fourth-order valence-electron chi connectivity index (χ4n) is 4.52. The predicted octanol–water partition coefficient (Wildman–Crippen LogP) is 7.46. The van der Waals surface area contributed by atoms with Crippen LogP contribution in [0, 0.1) is 12.1 Å². The number of pyridine rings is 2. The van der Waals surface area contributed by atoms with Gasteiger partial charge in [-0.2, -0.15) is 0 Å². The average molecular weight is 653 g/mol. The molecule has 1 radical (unpaired) electrons. The molecular formula is C33H20IrN2O-2. The molecule has 2 heterocycles. The minimum absolute atomic E-state index is 0. The summed E-state index contributed by atoms with van der Waals surface area (Å²) in [4.78, 5) is 21.4. The standard InChI is InChI=1S/C22H12NO.C11H8N.Ir/c24-22-17-9-5-4-8-16(17)19-13-18-15(12-20(19)22)10-11-23-21(18)14-6-2-1-3-7-14;1-2-6-10(7-3-1)11-8-4-5-9-12-11;/h1-6,8-13H;1-6,8-9H;/q2*-1;. The van der Waals surface area contributed by atoms with E-state index in [1.807, 2.05) is 103 Å². The van der Waals surface area contributed by atoms with E-state index in [1.165, 1.54) is 0 Å². The van der Waals surface area contributed by atoms with Crippen molar-refractivity contribution in [2.45, 2.75) is 0 Å². The van der Waals surface area contributed by atoms with Gasteiger partial charge < -0.3 is 9.97 Å². The van der Waals surface area contributed by atoms with Crippen LogP contribution in [0.1, 0.15) is 15.9 Å². The number of carbonyl (C=O) groups excluding carboxylic acids is 1. The Balaban J connectivity index is 0.000000183. The van der Waals surface area contributed by atoms with Crippen LogP contribution in [-0.4, -0.2) is 15.8 Å². The van der Waals surface area contributed by atoms with Gasteiger partial charge in [0.05, 0.1) is 0 Å². The van der Waals surface area contributed by atoms with E-state index in [4.69, 9.17) is 0 Å². The first-order valence-electron chi connectivity index (χ1n) is 11.7. The van der Waals surface area contributed by atoms with Crippen molar-refractivity contribution in [3.63, 3.8) is 0 Å². The Bertz CT molecular complexity index is 1650. The number of benzene rings is 4. The van der Waals surface area contributed by atoms with E-state index in [1.54, 1.807) is 12.4 Å². The van der Waals surface area contributed by atoms with Crippen LogP contribution in [0.15, 0.2) is 122 Å². The molecule has 0 bridgehead atoms. The molecule has 0 amide bonds. The molecule has 0 fully saturated rings. The molecule has 1 aliphatic rings. The van der Waals surface area contributed by atoms with Gasteiger partial charge in [-0.1, -0.05) is 42.5 Å². The summed E-state index contributed by atoms with van der Waals surface area (Å²) < 4.78 is 0. The molecule has 0 spiro atoms.